The zero-order valence-electron chi connectivity index (χ0n) is 11.5. The lowest BCUT2D eigenvalue weighted by atomic mass is 10.3. The van der Waals surface area contributed by atoms with Gasteiger partial charge in [-0.15, -0.1) is 0 Å². The van der Waals surface area contributed by atoms with E-state index >= 15 is 0 Å². The van der Waals surface area contributed by atoms with E-state index < -0.39 is 11.7 Å². The zero-order valence-corrected chi connectivity index (χ0v) is 13.9. The molecule has 1 aromatic carbocycles. The molecule has 1 amide bonds. The van der Waals surface area contributed by atoms with Crippen LogP contribution < -0.4 is 16.0 Å². The monoisotopic (exact) mass is 372 g/mol. The van der Waals surface area contributed by atoms with Crippen LogP contribution in [0.4, 0.5) is 21.0 Å². The van der Waals surface area contributed by atoms with Gasteiger partial charge in [0.05, 0.1) is 5.69 Å². The molecule has 0 saturated heterocycles. The number of nitrogen functional groups attached to an aromatic ring is 1. The molecule has 2 aromatic rings. The van der Waals surface area contributed by atoms with Gasteiger partial charge in [0.2, 0.25) is 0 Å². The van der Waals surface area contributed by atoms with Crippen LogP contribution >= 0.6 is 27.3 Å². The highest BCUT2D eigenvalue weighted by Crippen LogP contribution is 2.29. The smallest absolute Gasteiger partial charge is 0.269 e. The van der Waals surface area contributed by atoms with Gasteiger partial charge in [0.1, 0.15) is 16.5 Å². The fourth-order valence-electron chi connectivity index (χ4n) is 1.55. The molecular weight excluding hydrogens is 359 g/mol. The summed E-state index contributed by atoms with van der Waals surface area (Å²) in [5.74, 6) is -0.676. The number of hydrogen-bond acceptors (Lipinski definition) is 5. The number of anilines is 3. The van der Waals surface area contributed by atoms with Crippen molar-refractivity contribution in [2.24, 2.45) is 0 Å². The van der Waals surface area contributed by atoms with E-state index in [0.29, 0.717) is 20.2 Å². The first-order valence-electron chi connectivity index (χ1n) is 6.16. The minimum absolute atomic E-state index is 0.167. The van der Waals surface area contributed by atoms with Crippen molar-refractivity contribution < 1.29 is 9.18 Å². The molecule has 8 heteroatoms. The second-order valence-electron chi connectivity index (χ2n) is 4.30. The SMILES string of the molecule is CCN(C)c1nc(N)c(C(=O)Nc2cc(F)ccc2Br)s1. The molecule has 0 atom stereocenters. The minimum Gasteiger partial charge on any atom is -0.382 e. The van der Waals surface area contributed by atoms with Crippen LogP contribution in [0.1, 0.15) is 16.6 Å². The van der Waals surface area contributed by atoms with Crippen LogP contribution in [0.15, 0.2) is 22.7 Å². The van der Waals surface area contributed by atoms with Gasteiger partial charge in [0, 0.05) is 18.1 Å². The zero-order chi connectivity index (χ0) is 15.6. The molecular formula is C13H14BrFN4OS. The number of halogens is 2. The Morgan fingerprint density at radius 1 is 1.57 bits per heavy atom. The van der Waals surface area contributed by atoms with Crippen molar-refractivity contribution in [3.8, 4) is 0 Å². The number of aromatic nitrogens is 1. The summed E-state index contributed by atoms with van der Waals surface area (Å²) in [5.41, 5.74) is 6.13. The van der Waals surface area contributed by atoms with E-state index in [1.54, 1.807) is 0 Å². The molecule has 1 aromatic heterocycles. The fourth-order valence-corrected chi connectivity index (χ4v) is 2.80. The van der Waals surface area contributed by atoms with Gasteiger partial charge in [0.15, 0.2) is 5.13 Å². The van der Waals surface area contributed by atoms with Crippen molar-refractivity contribution in [1.82, 2.24) is 4.98 Å². The minimum atomic E-state index is -0.433. The van der Waals surface area contributed by atoms with Crippen LogP contribution in [0.2, 0.25) is 0 Å². The lowest BCUT2D eigenvalue weighted by Crippen LogP contribution is -2.15. The molecule has 0 aliphatic carbocycles. The van der Waals surface area contributed by atoms with Crippen molar-refractivity contribution >= 4 is 49.8 Å². The first-order valence-corrected chi connectivity index (χ1v) is 7.77. The Kier molecular flexibility index (Phi) is 4.79. The Morgan fingerprint density at radius 2 is 2.29 bits per heavy atom. The van der Waals surface area contributed by atoms with Gasteiger partial charge in [-0.05, 0) is 41.1 Å². The maximum Gasteiger partial charge on any atom is 0.269 e. The van der Waals surface area contributed by atoms with Crippen molar-refractivity contribution in [2.75, 3.05) is 29.5 Å². The van der Waals surface area contributed by atoms with Gasteiger partial charge in [-0.2, -0.15) is 0 Å². The average molecular weight is 373 g/mol. The summed E-state index contributed by atoms with van der Waals surface area (Å²) in [6, 6.07) is 4.06. The third kappa shape index (κ3) is 3.51. The van der Waals surface area contributed by atoms with E-state index in [4.69, 9.17) is 5.73 Å². The molecule has 112 valence electrons. The summed E-state index contributed by atoms with van der Waals surface area (Å²) in [7, 11) is 1.86. The molecule has 21 heavy (non-hydrogen) atoms. The molecule has 0 unspecified atom stereocenters. The second-order valence-corrected chi connectivity index (χ2v) is 6.14. The molecule has 0 radical (unpaired) electrons. The van der Waals surface area contributed by atoms with Crippen LogP contribution in [-0.4, -0.2) is 24.5 Å². The number of hydrogen-bond donors (Lipinski definition) is 2. The van der Waals surface area contributed by atoms with Gasteiger partial charge in [-0.3, -0.25) is 4.79 Å². The van der Waals surface area contributed by atoms with Crippen LogP contribution in [0, 0.1) is 5.82 Å². The van der Waals surface area contributed by atoms with Crippen molar-refractivity contribution in [3.05, 3.63) is 33.4 Å². The van der Waals surface area contributed by atoms with E-state index in [1.807, 2.05) is 18.9 Å². The fraction of sp³-hybridized carbons (Fsp3) is 0.231. The van der Waals surface area contributed by atoms with Gasteiger partial charge < -0.3 is 16.0 Å². The Morgan fingerprint density at radius 3 is 2.95 bits per heavy atom. The highest BCUT2D eigenvalue weighted by atomic mass is 79.9. The quantitative estimate of drug-likeness (QED) is 0.863. The molecule has 3 N–H and O–H groups in total. The van der Waals surface area contributed by atoms with Crippen molar-refractivity contribution in [1.29, 1.82) is 0 Å². The summed E-state index contributed by atoms with van der Waals surface area (Å²) < 4.78 is 13.8. The normalized spacial score (nSPS) is 10.5. The Labute approximate surface area is 134 Å². The second kappa shape index (κ2) is 6.40. The van der Waals surface area contributed by atoms with Gasteiger partial charge in [-0.25, -0.2) is 9.37 Å². The largest absolute Gasteiger partial charge is 0.382 e. The average Bonchev–Trinajstić information content (AvgIpc) is 2.84. The van der Waals surface area contributed by atoms with Crippen LogP contribution in [0.25, 0.3) is 0 Å². The summed E-state index contributed by atoms with van der Waals surface area (Å²) in [6.45, 7) is 2.73. The standard InChI is InChI=1S/C13H14BrFN4OS/c1-3-19(2)13-18-11(16)10(21-13)12(20)17-9-6-7(15)4-5-8(9)14/h4-6H,3,16H2,1-2H3,(H,17,20). The highest BCUT2D eigenvalue weighted by Gasteiger charge is 2.18. The number of nitrogens with one attached hydrogen (secondary N) is 1. The predicted molar refractivity (Wildman–Crippen MR) is 87.5 cm³/mol. The number of nitrogens with two attached hydrogens (primary N) is 1. The van der Waals surface area contributed by atoms with E-state index in [-0.39, 0.29) is 5.82 Å². The number of carbonyl (C=O) groups is 1. The third-order valence-corrected chi connectivity index (χ3v) is 4.70. The van der Waals surface area contributed by atoms with Gasteiger partial charge in [-0.1, -0.05) is 11.3 Å². The molecule has 0 fully saturated rings. The number of nitrogens with zero attached hydrogens (tertiary/aromatic N) is 2. The number of rotatable bonds is 4. The molecule has 0 aliphatic rings. The summed E-state index contributed by atoms with van der Waals surface area (Å²) in [4.78, 5) is 18.6. The van der Waals surface area contributed by atoms with Crippen molar-refractivity contribution in [2.45, 2.75) is 6.92 Å². The third-order valence-electron chi connectivity index (χ3n) is 2.83. The molecule has 1 heterocycles. The van der Waals surface area contributed by atoms with Crippen LogP contribution in [0.5, 0.6) is 0 Å². The number of carbonyl (C=O) groups excluding carboxylic acids is 1. The van der Waals surface area contributed by atoms with E-state index in [0.717, 1.165) is 6.54 Å². The topological polar surface area (TPSA) is 71.2 Å². The van der Waals surface area contributed by atoms with E-state index in [1.165, 1.54) is 29.5 Å². The first-order chi connectivity index (χ1) is 9.92. The highest BCUT2D eigenvalue weighted by molar-refractivity contribution is 9.10. The number of benzene rings is 1. The van der Waals surface area contributed by atoms with Gasteiger partial charge in [0.25, 0.3) is 5.91 Å². The van der Waals surface area contributed by atoms with E-state index in [9.17, 15) is 9.18 Å². The first kappa shape index (κ1) is 15.7. The van der Waals surface area contributed by atoms with Crippen LogP contribution in [-0.2, 0) is 0 Å². The Hall–Kier alpha value is -1.67. The molecule has 0 aliphatic heterocycles. The molecule has 0 bridgehead atoms. The molecule has 2 rings (SSSR count). The maximum atomic E-state index is 13.2. The van der Waals surface area contributed by atoms with Crippen molar-refractivity contribution in [3.63, 3.8) is 0 Å². The summed E-state index contributed by atoms with van der Waals surface area (Å²) in [6.07, 6.45) is 0. The lowest BCUT2D eigenvalue weighted by molar-refractivity contribution is 0.103. The lowest BCUT2D eigenvalue weighted by Gasteiger charge is -2.11. The maximum absolute atomic E-state index is 13.2. The predicted octanol–water partition coefficient (Wildman–Crippen LogP) is 3.34. The van der Waals surface area contributed by atoms with Crippen LogP contribution in [0.3, 0.4) is 0 Å². The molecule has 5 nitrogen and oxygen atoms in total. The Bertz CT molecular complexity index is 676. The van der Waals surface area contributed by atoms with Gasteiger partial charge >= 0.3 is 0 Å². The molecule has 0 saturated carbocycles. The Balaban J connectivity index is 2.24. The van der Waals surface area contributed by atoms with E-state index in [2.05, 4.69) is 26.2 Å². The molecule has 0 spiro atoms. The summed E-state index contributed by atoms with van der Waals surface area (Å²) >= 11 is 4.45. The number of amides is 1. The number of thiazole rings is 1. The summed E-state index contributed by atoms with van der Waals surface area (Å²) in [5, 5.41) is 3.29.